The Balaban J connectivity index is 1.40. The van der Waals surface area contributed by atoms with Crippen molar-refractivity contribution in [3.05, 3.63) is 160 Å². The molecule has 6 heteroatoms. The van der Waals surface area contributed by atoms with E-state index in [1.165, 1.54) is 11.1 Å². The van der Waals surface area contributed by atoms with Gasteiger partial charge in [-0.05, 0) is 40.5 Å². The Bertz CT molecular complexity index is 1760. The molecule has 0 saturated heterocycles. The van der Waals surface area contributed by atoms with E-state index in [-0.39, 0.29) is 12.5 Å². The van der Waals surface area contributed by atoms with Crippen molar-refractivity contribution in [3.63, 3.8) is 0 Å². The molecular formula is C37H31BrN2O3. The highest BCUT2D eigenvalue weighted by Gasteiger charge is 2.67. The van der Waals surface area contributed by atoms with E-state index in [4.69, 9.17) is 4.74 Å². The third kappa shape index (κ3) is 4.36. The van der Waals surface area contributed by atoms with Gasteiger partial charge in [0.05, 0.1) is 0 Å². The van der Waals surface area contributed by atoms with Crippen molar-refractivity contribution in [1.82, 2.24) is 0 Å². The molecule has 1 amide bonds. The predicted octanol–water partition coefficient (Wildman–Crippen LogP) is 7.20. The van der Waals surface area contributed by atoms with Gasteiger partial charge in [0, 0.05) is 47.6 Å². The first kappa shape index (κ1) is 27.4. The monoisotopic (exact) mass is 630 g/mol. The van der Waals surface area contributed by atoms with Crippen LogP contribution >= 0.6 is 15.9 Å². The minimum Gasteiger partial charge on any atom is -0.490 e. The standard InChI is InChI=1S/C37H31BrN2O3/c1-39-33-21-29(38)17-19-31(33)37(35(39)41)32-20-18-30(22-34(32)43-25-36(37,42)28-15-9-4-10-16-28)40(23-26-11-5-2-6-12-26)24-27-13-7-3-8-14-27/h2-22,42H,23-25H2,1H3/t36-,37+/m0/s1. The van der Waals surface area contributed by atoms with E-state index in [1.807, 2.05) is 72.8 Å². The molecule has 5 aromatic rings. The van der Waals surface area contributed by atoms with Crippen LogP contribution in [0.5, 0.6) is 5.75 Å². The van der Waals surface area contributed by atoms with Crippen LogP contribution in [0, 0.1) is 0 Å². The third-order valence-corrected chi connectivity index (χ3v) is 9.32. The molecule has 5 aromatic carbocycles. The second-order valence-electron chi connectivity index (χ2n) is 11.3. The molecule has 2 atom stereocenters. The Hall–Kier alpha value is -4.39. The summed E-state index contributed by atoms with van der Waals surface area (Å²) in [7, 11) is 1.78. The van der Waals surface area contributed by atoms with Gasteiger partial charge in [-0.25, -0.2) is 0 Å². The lowest BCUT2D eigenvalue weighted by atomic mass is 9.60. The van der Waals surface area contributed by atoms with E-state index in [0.717, 1.165) is 21.4 Å². The summed E-state index contributed by atoms with van der Waals surface area (Å²) in [6.07, 6.45) is 0. The quantitative estimate of drug-likeness (QED) is 0.216. The minimum absolute atomic E-state index is 0.0695. The molecule has 1 N–H and O–H groups in total. The van der Waals surface area contributed by atoms with Gasteiger partial charge in [-0.2, -0.15) is 0 Å². The van der Waals surface area contributed by atoms with Crippen LogP contribution in [-0.4, -0.2) is 24.7 Å². The number of hydrogen-bond acceptors (Lipinski definition) is 4. The van der Waals surface area contributed by atoms with Gasteiger partial charge in [-0.3, -0.25) is 4.79 Å². The van der Waals surface area contributed by atoms with Crippen LogP contribution in [-0.2, 0) is 28.9 Å². The van der Waals surface area contributed by atoms with Crippen molar-refractivity contribution in [2.45, 2.75) is 24.1 Å². The summed E-state index contributed by atoms with van der Waals surface area (Å²) in [6.45, 7) is 1.33. The second-order valence-corrected chi connectivity index (χ2v) is 12.2. The Morgan fingerprint density at radius 1 is 0.791 bits per heavy atom. The van der Waals surface area contributed by atoms with Gasteiger partial charge in [0.1, 0.15) is 23.4 Å². The molecule has 2 aliphatic heterocycles. The number of halogens is 1. The maximum absolute atomic E-state index is 14.6. The average molecular weight is 632 g/mol. The number of amides is 1. The van der Waals surface area contributed by atoms with Crippen molar-refractivity contribution in [3.8, 4) is 5.75 Å². The van der Waals surface area contributed by atoms with Crippen LogP contribution in [0.1, 0.15) is 27.8 Å². The molecule has 1 spiro atoms. The van der Waals surface area contributed by atoms with Crippen molar-refractivity contribution < 1.29 is 14.6 Å². The number of anilines is 2. The summed E-state index contributed by atoms with van der Waals surface area (Å²) >= 11 is 3.58. The maximum Gasteiger partial charge on any atom is 0.245 e. The van der Waals surface area contributed by atoms with E-state index in [2.05, 4.69) is 75.4 Å². The van der Waals surface area contributed by atoms with Gasteiger partial charge in [-0.1, -0.05) is 119 Å². The summed E-state index contributed by atoms with van der Waals surface area (Å²) in [5, 5.41) is 12.7. The van der Waals surface area contributed by atoms with E-state index in [0.29, 0.717) is 30.0 Å². The summed E-state index contributed by atoms with van der Waals surface area (Å²) in [6, 6.07) is 42.1. The van der Waals surface area contributed by atoms with Gasteiger partial charge in [0.15, 0.2) is 0 Å². The molecule has 0 unspecified atom stereocenters. The average Bonchev–Trinajstić information content (AvgIpc) is 3.26. The van der Waals surface area contributed by atoms with Gasteiger partial charge < -0.3 is 19.6 Å². The lowest BCUT2D eigenvalue weighted by Gasteiger charge is -2.48. The van der Waals surface area contributed by atoms with Gasteiger partial charge in [-0.15, -0.1) is 0 Å². The minimum atomic E-state index is -1.64. The van der Waals surface area contributed by atoms with E-state index < -0.39 is 11.0 Å². The van der Waals surface area contributed by atoms with E-state index in [9.17, 15) is 9.90 Å². The zero-order valence-corrected chi connectivity index (χ0v) is 25.4. The summed E-state index contributed by atoms with van der Waals surface area (Å²) < 4.78 is 7.30. The van der Waals surface area contributed by atoms with Crippen LogP contribution in [0.3, 0.4) is 0 Å². The van der Waals surface area contributed by atoms with Gasteiger partial charge in [0.2, 0.25) is 5.91 Å². The fraction of sp³-hybridized carbons (Fsp3) is 0.162. The SMILES string of the molecule is CN1C(=O)[C@]2(c3ccc(N(Cc4ccccc4)Cc4ccccc4)cc3OC[C@]2(O)c2ccccc2)c2ccc(Br)cc21. The summed E-state index contributed by atoms with van der Waals surface area (Å²) in [5.41, 5.74) is 3.15. The number of ether oxygens (including phenoxy) is 1. The molecule has 0 aromatic heterocycles. The van der Waals surface area contributed by atoms with Crippen molar-refractivity contribution in [1.29, 1.82) is 0 Å². The number of nitrogens with zero attached hydrogens (tertiary/aromatic N) is 2. The number of aliphatic hydroxyl groups is 1. The normalized spacial score (nSPS) is 20.4. The molecule has 0 saturated carbocycles. The number of fused-ring (bicyclic) bond motifs is 4. The largest absolute Gasteiger partial charge is 0.490 e. The van der Waals surface area contributed by atoms with Crippen LogP contribution in [0.15, 0.2) is 132 Å². The molecule has 0 radical (unpaired) electrons. The smallest absolute Gasteiger partial charge is 0.245 e. The molecule has 0 aliphatic carbocycles. The highest BCUT2D eigenvalue weighted by Crippen LogP contribution is 2.60. The topological polar surface area (TPSA) is 53.0 Å². The first-order valence-electron chi connectivity index (χ1n) is 14.4. The fourth-order valence-corrected chi connectivity index (χ4v) is 7.09. The summed E-state index contributed by atoms with van der Waals surface area (Å²) in [4.78, 5) is 18.6. The molecule has 214 valence electrons. The molecule has 2 aliphatic rings. The van der Waals surface area contributed by atoms with Crippen molar-refractivity contribution >= 4 is 33.2 Å². The van der Waals surface area contributed by atoms with Gasteiger partial charge >= 0.3 is 0 Å². The van der Waals surface area contributed by atoms with Gasteiger partial charge in [0.25, 0.3) is 0 Å². The highest BCUT2D eigenvalue weighted by atomic mass is 79.9. The molecule has 2 heterocycles. The predicted molar refractivity (Wildman–Crippen MR) is 173 cm³/mol. The fourth-order valence-electron chi connectivity index (χ4n) is 6.75. The zero-order chi connectivity index (χ0) is 29.6. The number of likely N-dealkylation sites (N-methyl/N-ethyl adjacent to an activating group) is 1. The number of carbonyl (C=O) groups excluding carboxylic acids is 1. The third-order valence-electron chi connectivity index (χ3n) is 8.83. The van der Waals surface area contributed by atoms with E-state index >= 15 is 0 Å². The molecule has 43 heavy (non-hydrogen) atoms. The maximum atomic E-state index is 14.6. The molecule has 0 fully saturated rings. The molecular weight excluding hydrogens is 600 g/mol. The Kier molecular flexibility index (Phi) is 6.83. The van der Waals surface area contributed by atoms with E-state index in [1.54, 1.807) is 11.9 Å². The van der Waals surface area contributed by atoms with Crippen LogP contribution in [0.2, 0.25) is 0 Å². The lowest BCUT2D eigenvalue weighted by Crippen LogP contribution is -2.60. The van der Waals surface area contributed by atoms with Crippen molar-refractivity contribution in [2.24, 2.45) is 0 Å². The Morgan fingerprint density at radius 3 is 2.00 bits per heavy atom. The highest BCUT2D eigenvalue weighted by molar-refractivity contribution is 9.10. The Labute approximate surface area is 260 Å². The van der Waals surface area contributed by atoms with Crippen LogP contribution < -0.4 is 14.5 Å². The summed E-state index contributed by atoms with van der Waals surface area (Å²) in [5.74, 6) is 0.413. The number of carbonyl (C=O) groups is 1. The second kappa shape index (κ2) is 10.7. The lowest BCUT2D eigenvalue weighted by molar-refractivity contribution is -0.138. The van der Waals surface area contributed by atoms with Crippen molar-refractivity contribution in [2.75, 3.05) is 23.5 Å². The first-order chi connectivity index (χ1) is 20.9. The Morgan fingerprint density at radius 2 is 1.37 bits per heavy atom. The molecule has 0 bridgehead atoms. The zero-order valence-electron chi connectivity index (χ0n) is 23.8. The van der Waals surface area contributed by atoms with Crippen LogP contribution in [0.4, 0.5) is 11.4 Å². The number of rotatable bonds is 6. The number of benzene rings is 5. The molecule has 5 nitrogen and oxygen atoms in total. The number of hydrogen-bond donors (Lipinski definition) is 1. The van der Waals surface area contributed by atoms with Crippen LogP contribution in [0.25, 0.3) is 0 Å². The molecule has 7 rings (SSSR count). The first-order valence-corrected chi connectivity index (χ1v) is 15.2.